The molecule has 0 amide bonds. The summed E-state index contributed by atoms with van der Waals surface area (Å²) in [5.41, 5.74) is 1.74. The predicted molar refractivity (Wildman–Crippen MR) is 41.5 cm³/mol. The van der Waals surface area contributed by atoms with Crippen LogP contribution in [0.3, 0.4) is 0 Å². The van der Waals surface area contributed by atoms with Crippen molar-refractivity contribution in [3.63, 3.8) is 0 Å². The second-order valence-corrected chi connectivity index (χ2v) is 2.71. The second-order valence-electron chi connectivity index (χ2n) is 2.71. The first-order chi connectivity index (χ1) is 3.45. The Kier molecular flexibility index (Phi) is 5.47. The van der Waals surface area contributed by atoms with Gasteiger partial charge in [-0.15, -0.1) is 0 Å². The molecule has 2 rings (SSSR count). The third-order valence-electron chi connectivity index (χ3n) is 2.16. The Bertz CT molecular complexity index is 118. The zero-order valence-corrected chi connectivity index (χ0v) is 10.5. The van der Waals surface area contributed by atoms with Crippen LogP contribution in [0.4, 0.5) is 0 Å². The van der Waals surface area contributed by atoms with Gasteiger partial charge >= 0.3 is 0 Å². The maximum atomic E-state index is 2.42. The van der Waals surface area contributed by atoms with E-state index in [4.69, 9.17) is 0 Å². The van der Waals surface area contributed by atoms with Crippen LogP contribution in [0.2, 0.25) is 0 Å². The molecule has 40 valence electrons. The third-order valence-corrected chi connectivity index (χ3v) is 2.16. The van der Waals surface area contributed by atoms with Gasteiger partial charge in [-0.3, -0.25) is 0 Å². The van der Waals surface area contributed by atoms with Gasteiger partial charge in [0.1, 0.15) is 0 Å². The smallest absolute Gasteiger partial charge is 0 e. The van der Waals surface area contributed by atoms with E-state index in [-0.39, 0.29) is 59.1 Å². The first-order valence-electron chi connectivity index (χ1n) is 3.13. The summed E-state index contributed by atoms with van der Waals surface area (Å²) in [6, 6.07) is 0. The summed E-state index contributed by atoms with van der Waals surface area (Å²) in [6.07, 6.45) is 8.18. The van der Waals surface area contributed by atoms with Crippen molar-refractivity contribution in [2.45, 2.75) is 25.7 Å². The molecule has 1 atom stereocenters. The molecule has 0 aliphatic heterocycles. The summed E-state index contributed by atoms with van der Waals surface area (Å²) in [5.74, 6) is 1.08. The minimum absolute atomic E-state index is 0. The Hall–Kier alpha value is 1.74. The topological polar surface area (TPSA) is 0 Å². The molecule has 2 bridgehead atoms. The molecule has 0 saturated heterocycles. The molecular formula is C7H10Na2. The van der Waals surface area contributed by atoms with Crippen LogP contribution in [0.1, 0.15) is 25.7 Å². The number of allylic oxidation sites excluding steroid dienone is 2. The standard InChI is InChI=1S/C7H10.2Na/c1-2-7-4-3-6(1)5-7;;/h1,7H,2-5H2;;. The van der Waals surface area contributed by atoms with E-state index in [1.54, 1.807) is 5.57 Å². The number of hydrogen-bond acceptors (Lipinski definition) is 0. The number of rotatable bonds is 0. The zero-order chi connectivity index (χ0) is 4.69. The fourth-order valence-corrected chi connectivity index (χ4v) is 1.68. The Morgan fingerprint density at radius 2 is 2.11 bits per heavy atom. The largest absolute Gasteiger partial charge is 0.0850 e. The Morgan fingerprint density at radius 3 is 2.22 bits per heavy atom. The van der Waals surface area contributed by atoms with Crippen molar-refractivity contribution >= 4 is 59.1 Å². The fourth-order valence-electron chi connectivity index (χ4n) is 1.68. The van der Waals surface area contributed by atoms with Gasteiger partial charge in [-0.1, -0.05) is 11.6 Å². The molecule has 0 N–H and O–H groups in total. The van der Waals surface area contributed by atoms with Gasteiger partial charge in [-0.25, -0.2) is 0 Å². The van der Waals surface area contributed by atoms with E-state index < -0.39 is 0 Å². The van der Waals surface area contributed by atoms with Crippen molar-refractivity contribution in [1.82, 2.24) is 0 Å². The van der Waals surface area contributed by atoms with Crippen LogP contribution in [0.5, 0.6) is 0 Å². The van der Waals surface area contributed by atoms with Crippen LogP contribution in [0, 0.1) is 5.92 Å². The van der Waals surface area contributed by atoms with E-state index in [0.717, 1.165) is 5.92 Å². The van der Waals surface area contributed by atoms with Gasteiger partial charge in [0.05, 0.1) is 0 Å². The molecule has 1 saturated carbocycles. The minimum atomic E-state index is 0. The van der Waals surface area contributed by atoms with E-state index in [1.807, 2.05) is 0 Å². The SMILES string of the molecule is C1=C2CCC(C1)C2.[Na].[Na]. The zero-order valence-electron chi connectivity index (χ0n) is 6.48. The minimum Gasteiger partial charge on any atom is -0.0850 e. The molecule has 1 fully saturated rings. The molecule has 2 heteroatoms. The molecule has 2 radical (unpaired) electrons. The second kappa shape index (κ2) is 4.58. The first kappa shape index (κ1) is 10.7. The van der Waals surface area contributed by atoms with E-state index in [2.05, 4.69) is 6.08 Å². The Morgan fingerprint density at radius 1 is 1.33 bits per heavy atom. The van der Waals surface area contributed by atoms with E-state index in [9.17, 15) is 0 Å². The van der Waals surface area contributed by atoms with E-state index in [1.165, 1.54) is 25.7 Å². The van der Waals surface area contributed by atoms with Gasteiger partial charge in [0.2, 0.25) is 0 Å². The maximum absolute atomic E-state index is 2.42. The molecule has 0 aromatic heterocycles. The summed E-state index contributed by atoms with van der Waals surface area (Å²) in [5, 5.41) is 0. The third kappa shape index (κ3) is 2.36. The fraction of sp³-hybridized carbons (Fsp3) is 0.714. The molecule has 0 aromatic carbocycles. The molecule has 1 unspecified atom stereocenters. The Labute approximate surface area is 101 Å². The van der Waals surface area contributed by atoms with Crippen molar-refractivity contribution in [2.75, 3.05) is 0 Å². The van der Waals surface area contributed by atoms with Gasteiger partial charge in [-0.2, -0.15) is 0 Å². The molecule has 0 aromatic rings. The first-order valence-corrected chi connectivity index (χ1v) is 3.13. The van der Waals surface area contributed by atoms with Crippen molar-refractivity contribution in [2.24, 2.45) is 5.92 Å². The van der Waals surface area contributed by atoms with Gasteiger partial charge in [0.25, 0.3) is 0 Å². The summed E-state index contributed by atoms with van der Waals surface area (Å²) in [6.45, 7) is 0. The summed E-state index contributed by atoms with van der Waals surface area (Å²) in [7, 11) is 0. The van der Waals surface area contributed by atoms with Crippen molar-refractivity contribution in [3.8, 4) is 0 Å². The van der Waals surface area contributed by atoms with E-state index >= 15 is 0 Å². The van der Waals surface area contributed by atoms with E-state index in [0.29, 0.717) is 0 Å². The average molecular weight is 140 g/mol. The quantitative estimate of drug-likeness (QED) is 0.352. The van der Waals surface area contributed by atoms with Crippen LogP contribution >= 0.6 is 0 Å². The summed E-state index contributed by atoms with van der Waals surface area (Å²) in [4.78, 5) is 0. The monoisotopic (exact) mass is 140 g/mol. The molecule has 2 aliphatic carbocycles. The molecule has 2 aliphatic rings. The summed E-state index contributed by atoms with van der Waals surface area (Å²) >= 11 is 0. The Balaban J connectivity index is 0.000000320. The van der Waals surface area contributed by atoms with Gasteiger partial charge in [-0.05, 0) is 31.6 Å². The van der Waals surface area contributed by atoms with Gasteiger partial charge in [0, 0.05) is 59.1 Å². The molecule has 9 heavy (non-hydrogen) atoms. The van der Waals surface area contributed by atoms with Crippen LogP contribution in [0.25, 0.3) is 0 Å². The van der Waals surface area contributed by atoms with Crippen molar-refractivity contribution in [3.05, 3.63) is 11.6 Å². The average Bonchev–Trinajstić information content (AvgIpc) is 2.22. The van der Waals surface area contributed by atoms with Crippen LogP contribution in [-0.4, -0.2) is 59.1 Å². The van der Waals surface area contributed by atoms with Crippen LogP contribution < -0.4 is 0 Å². The van der Waals surface area contributed by atoms with Gasteiger partial charge in [0.15, 0.2) is 0 Å². The summed E-state index contributed by atoms with van der Waals surface area (Å²) < 4.78 is 0. The molecular weight excluding hydrogens is 130 g/mol. The molecule has 0 heterocycles. The van der Waals surface area contributed by atoms with Crippen LogP contribution in [-0.2, 0) is 0 Å². The number of fused-ring (bicyclic) bond motifs is 2. The van der Waals surface area contributed by atoms with Crippen LogP contribution in [0.15, 0.2) is 11.6 Å². The maximum Gasteiger partial charge on any atom is 0 e. The van der Waals surface area contributed by atoms with Crippen molar-refractivity contribution < 1.29 is 0 Å². The van der Waals surface area contributed by atoms with Crippen molar-refractivity contribution in [1.29, 1.82) is 0 Å². The van der Waals surface area contributed by atoms with Gasteiger partial charge < -0.3 is 0 Å². The molecule has 0 nitrogen and oxygen atoms in total. The number of hydrogen-bond donors (Lipinski definition) is 0. The predicted octanol–water partition coefficient (Wildman–Crippen LogP) is 1.35. The normalized spacial score (nSPS) is 28.4. The molecule has 0 spiro atoms.